The van der Waals surface area contributed by atoms with Crippen LogP contribution in [0.15, 0.2) is 24.3 Å². The molecule has 1 saturated carbocycles. The zero-order valence-electron chi connectivity index (χ0n) is 14.5. The summed E-state index contributed by atoms with van der Waals surface area (Å²) in [5.41, 5.74) is 2.54. The van der Waals surface area contributed by atoms with Gasteiger partial charge in [-0.2, -0.15) is 0 Å². The molecule has 0 spiro atoms. The highest BCUT2D eigenvalue weighted by Crippen LogP contribution is 2.47. The van der Waals surface area contributed by atoms with Crippen LogP contribution in [0.5, 0.6) is 0 Å². The minimum atomic E-state index is 0.0523. The van der Waals surface area contributed by atoms with E-state index in [9.17, 15) is 9.59 Å². The normalized spacial score (nSPS) is 24.4. The molecule has 2 N–H and O–H groups in total. The first-order valence-electron chi connectivity index (χ1n) is 8.86. The topological polar surface area (TPSA) is 61.4 Å². The Bertz CT molecular complexity index is 608. The molecule has 130 valence electrons. The molecule has 2 fully saturated rings. The third kappa shape index (κ3) is 4.15. The van der Waals surface area contributed by atoms with Gasteiger partial charge in [0.15, 0.2) is 0 Å². The van der Waals surface area contributed by atoms with E-state index in [0.29, 0.717) is 12.5 Å². The maximum atomic E-state index is 12.5. The summed E-state index contributed by atoms with van der Waals surface area (Å²) in [5, 5.41) is 5.87. The highest BCUT2D eigenvalue weighted by Gasteiger charge is 2.44. The van der Waals surface area contributed by atoms with Crippen LogP contribution in [0.2, 0.25) is 0 Å². The van der Waals surface area contributed by atoms with Crippen LogP contribution < -0.4 is 10.6 Å². The third-order valence-electron chi connectivity index (χ3n) is 5.18. The van der Waals surface area contributed by atoms with Crippen molar-refractivity contribution < 1.29 is 9.59 Å². The van der Waals surface area contributed by atoms with Crippen molar-refractivity contribution in [2.45, 2.75) is 38.1 Å². The first kappa shape index (κ1) is 17.0. The molecule has 1 aromatic rings. The Hall–Kier alpha value is -1.88. The molecular weight excluding hydrogens is 302 g/mol. The molecule has 1 aromatic carbocycles. The van der Waals surface area contributed by atoms with Crippen molar-refractivity contribution in [2.75, 3.05) is 26.7 Å². The number of likely N-dealkylation sites (N-methyl/N-ethyl adjacent to an activating group) is 1. The van der Waals surface area contributed by atoms with E-state index in [1.165, 1.54) is 11.1 Å². The van der Waals surface area contributed by atoms with Crippen LogP contribution in [0, 0.1) is 12.8 Å². The van der Waals surface area contributed by atoms with Crippen LogP contribution in [-0.4, -0.2) is 49.4 Å². The molecule has 2 amide bonds. The van der Waals surface area contributed by atoms with Crippen LogP contribution in [-0.2, 0) is 9.59 Å². The van der Waals surface area contributed by atoms with Crippen molar-refractivity contribution in [3.63, 3.8) is 0 Å². The number of benzene rings is 1. The van der Waals surface area contributed by atoms with E-state index in [-0.39, 0.29) is 23.8 Å². The molecule has 0 aromatic heterocycles. The van der Waals surface area contributed by atoms with Crippen LogP contribution in [0.1, 0.15) is 36.3 Å². The SMILES string of the molecule is CNC(=O)CN1CCC(NC(=O)[C@H]2C[C@@H]2c2cccc(C)c2)CC1. The lowest BCUT2D eigenvalue weighted by atomic mass is 10.0. The van der Waals surface area contributed by atoms with E-state index in [1.807, 2.05) is 0 Å². The highest BCUT2D eigenvalue weighted by atomic mass is 16.2. The Morgan fingerprint density at radius 2 is 2.00 bits per heavy atom. The van der Waals surface area contributed by atoms with E-state index in [4.69, 9.17) is 0 Å². The summed E-state index contributed by atoms with van der Waals surface area (Å²) in [6.07, 6.45) is 2.81. The van der Waals surface area contributed by atoms with E-state index in [2.05, 4.69) is 46.7 Å². The van der Waals surface area contributed by atoms with Gasteiger partial charge in [-0.1, -0.05) is 29.8 Å². The average Bonchev–Trinajstić information content (AvgIpc) is 3.37. The fourth-order valence-corrected chi connectivity index (χ4v) is 3.58. The fraction of sp³-hybridized carbons (Fsp3) is 0.579. The molecule has 5 nitrogen and oxygen atoms in total. The smallest absolute Gasteiger partial charge is 0.233 e. The number of amides is 2. The van der Waals surface area contributed by atoms with Gasteiger partial charge in [0.25, 0.3) is 0 Å². The number of carbonyl (C=O) groups is 2. The molecule has 24 heavy (non-hydrogen) atoms. The van der Waals surface area contributed by atoms with E-state index in [1.54, 1.807) is 7.05 Å². The standard InChI is InChI=1S/C19H27N3O2/c1-13-4-3-5-14(10-13)16-11-17(16)19(24)21-15-6-8-22(9-7-15)12-18(23)20-2/h3-5,10,15-17H,6-9,11-12H2,1-2H3,(H,20,23)(H,21,24)/t16-,17+/m1/s1. The minimum absolute atomic E-state index is 0.0523. The lowest BCUT2D eigenvalue weighted by Crippen LogP contribution is -2.47. The van der Waals surface area contributed by atoms with Crippen molar-refractivity contribution >= 4 is 11.8 Å². The quantitative estimate of drug-likeness (QED) is 0.859. The van der Waals surface area contributed by atoms with E-state index in [0.717, 1.165) is 32.4 Å². The zero-order valence-corrected chi connectivity index (χ0v) is 14.5. The fourth-order valence-electron chi connectivity index (χ4n) is 3.58. The summed E-state index contributed by atoms with van der Waals surface area (Å²) in [6, 6.07) is 8.72. The van der Waals surface area contributed by atoms with Crippen molar-refractivity contribution in [1.82, 2.24) is 15.5 Å². The number of hydrogen-bond acceptors (Lipinski definition) is 3. The van der Waals surface area contributed by atoms with Crippen LogP contribution in [0.4, 0.5) is 0 Å². The Kier molecular flexibility index (Phi) is 5.19. The summed E-state index contributed by atoms with van der Waals surface area (Å²) in [4.78, 5) is 26.0. The van der Waals surface area contributed by atoms with E-state index >= 15 is 0 Å². The maximum Gasteiger partial charge on any atom is 0.233 e. The van der Waals surface area contributed by atoms with Crippen LogP contribution >= 0.6 is 0 Å². The molecule has 0 bridgehead atoms. The number of nitrogens with one attached hydrogen (secondary N) is 2. The highest BCUT2D eigenvalue weighted by molar-refractivity contribution is 5.83. The summed E-state index contributed by atoms with van der Waals surface area (Å²) in [7, 11) is 1.66. The summed E-state index contributed by atoms with van der Waals surface area (Å²) < 4.78 is 0. The second kappa shape index (κ2) is 7.34. The monoisotopic (exact) mass is 329 g/mol. The number of hydrogen-bond donors (Lipinski definition) is 2. The number of piperidine rings is 1. The van der Waals surface area contributed by atoms with Gasteiger partial charge in [0.05, 0.1) is 6.54 Å². The summed E-state index contributed by atoms with van der Waals surface area (Å²) >= 11 is 0. The van der Waals surface area contributed by atoms with Crippen molar-refractivity contribution in [3.05, 3.63) is 35.4 Å². The van der Waals surface area contributed by atoms with Crippen molar-refractivity contribution in [3.8, 4) is 0 Å². The summed E-state index contributed by atoms with van der Waals surface area (Å²) in [6.45, 7) is 4.28. The van der Waals surface area contributed by atoms with Gasteiger partial charge in [0.2, 0.25) is 11.8 Å². The number of rotatable bonds is 5. The van der Waals surface area contributed by atoms with Crippen molar-refractivity contribution in [1.29, 1.82) is 0 Å². The lowest BCUT2D eigenvalue weighted by molar-refractivity contribution is -0.124. The largest absolute Gasteiger partial charge is 0.358 e. The molecule has 5 heteroatoms. The molecule has 1 aliphatic heterocycles. The third-order valence-corrected chi connectivity index (χ3v) is 5.18. The van der Waals surface area contributed by atoms with Gasteiger partial charge < -0.3 is 10.6 Å². The molecular formula is C19H27N3O2. The van der Waals surface area contributed by atoms with E-state index < -0.39 is 0 Å². The number of aryl methyl sites for hydroxylation is 1. The van der Waals surface area contributed by atoms with Gasteiger partial charge in [-0.05, 0) is 37.7 Å². The molecule has 2 atom stereocenters. The molecule has 3 rings (SSSR count). The summed E-state index contributed by atoms with van der Waals surface area (Å²) in [5.74, 6) is 0.775. The first-order valence-corrected chi connectivity index (χ1v) is 8.86. The van der Waals surface area contributed by atoms with Crippen LogP contribution in [0.3, 0.4) is 0 Å². The Morgan fingerprint density at radius 3 is 2.67 bits per heavy atom. The van der Waals surface area contributed by atoms with Crippen molar-refractivity contribution in [2.24, 2.45) is 5.92 Å². The molecule has 1 aliphatic carbocycles. The number of likely N-dealkylation sites (tertiary alicyclic amines) is 1. The average molecular weight is 329 g/mol. The first-order chi connectivity index (χ1) is 11.6. The predicted octanol–water partition coefficient (Wildman–Crippen LogP) is 1.43. The number of carbonyl (C=O) groups excluding carboxylic acids is 2. The maximum absolute atomic E-state index is 12.5. The minimum Gasteiger partial charge on any atom is -0.358 e. The Balaban J connectivity index is 1.43. The molecule has 2 aliphatic rings. The molecule has 1 saturated heterocycles. The molecule has 1 heterocycles. The molecule has 0 unspecified atom stereocenters. The number of nitrogens with zero attached hydrogens (tertiary/aromatic N) is 1. The van der Waals surface area contributed by atoms with Gasteiger partial charge in [0, 0.05) is 32.1 Å². The van der Waals surface area contributed by atoms with Gasteiger partial charge in [-0.15, -0.1) is 0 Å². The predicted molar refractivity (Wildman–Crippen MR) is 93.7 cm³/mol. The zero-order chi connectivity index (χ0) is 17.1. The Morgan fingerprint density at radius 1 is 1.25 bits per heavy atom. The molecule has 0 radical (unpaired) electrons. The second-order valence-electron chi connectivity index (χ2n) is 7.10. The van der Waals surface area contributed by atoms with Gasteiger partial charge in [-0.25, -0.2) is 0 Å². The Labute approximate surface area is 143 Å². The second-order valence-corrected chi connectivity index (χ2v) is 7.10. The van der Waals surface area contributed by atoms with Crippen LogP contribution in [0.25, 0.3) is 0 Å². The lowest BCUT2D eigenvalue weighted by Gasteiger charge is -2.31. The van der Waals surface area contributed by atoms with Gasteiger partial charge in [-0.3, -0.25) is 14.5 Å². The van der Waals surface area contributed by atoms with Gasteiger partial charge in [0.1, 0.15) is 0 Å². The van der Waals surface area contributed by atoms with Gasteiger partial charge >= 0.3 is 0 Å².